The van der Waals surface area contributed by atoms with E-state index in [0.717, 1.165) is 36.6 Å². The molecule has 174 valence electrons. The Morgan fingerprint density at radius 2 is 2.00 bits per heavy atom. The molecule has 8 heteroatoms. The number of aliphatic imine (C=N–C) groups is 1. The summed E-state index contributed by atoms with van der Waals surface area (Å²) >= 11 is 0. The predicted molar refractivity (Wildman–Crippen MR) is 126 cm³/mol. The van der Waals surface area contributed by atoms with Crippen LogP contribution in [0.4, 0.5) is 14.5 Å². The normalized spacial score (nSPS) is 16.9. The quantitative estimate of drug-likeness (QED) is 0.563. The van der Waals surface area contributed by atoms with Crippen LogP contribution in [0.1, 0.15) is 28.8 Å². The van der Waals surface area contributed by atoms with Gasteiger partial charge in [-0.15, -0.1) is 0 Å². The molecule has 2 heterocycles. The van der Waals surface area contributed by atoms with Gasteiger partial charge in [-0.05, 0) is 66.3 Å². The number of rotatable bonds is 6. The number of carbonyl (C=O) groups excluding carboxylic acids is 1. The van der Waals surface area contributed by atoms with Crippen LogP contribution < -0.4 is 15.4 Å². The van der Waals surface area contributed by atoms with Crippen molar-refractivity contribution in [2.24, 2.45) is 10.9 Å². The summed E-state index contributed by atoms with van der Waals surface area (Å²) in [6.45, 7) is 0.817. The average molecular weight is 463 g/mol. The highest BCUT2D eigenvalue weighted by molar-refractivity contribution is 5.98. The van der Waals surface area contributed by atoms with Gasteiger partial charge in [0.15, 0.2) is 0 Å². The summed E-state index contributed by atoms with van der Waals surface area (Å²) in [6, 6.07) is 13.4. The van der Waals surface area contributed by atoms with Crippen molar-refractivity contribution in [1.82, 2.24) is 10.3 Å². The third-order valence-corrected chi connectivity index (χ3v) is 6.10. The number of aromatic nitrogens is 1. The number of anilines is 1. The van der Waals surface area contributed by atoms with Crippen molar-refractivity contribution in [1.29, 1.82) is 0 Å². The van der Waals surface area contributed by atoms with Crippen LogP contribution in [-0.2, 0) is 24.3 Å². The molecular formula is C26H24F2N4O2. The fourth-order valence-electron chi connectivity index (χ4n) is 4.32. The first-order valence-corrected chi connectivity index (χ1v) is 11.3. The molecule has 0 fully saturated rings. The molecule has 1 atom stereocenters. The van der Waals surface area contributed by atoms with Crippen LogP contribution in [-0.4, -0.2) is 29.8 Å². The highest BCUT2D eigenvalue weighted by Gasteiger charge is 2.26. The van der Waals surface area contributed by atoms with Crippen molar-refractivity contribution in [3.8, 4) is 11.5 Å². The minimum atomic E-state index is -0.716. The van der Waals surface area contributed by atoms with Crippen LogP contribution in [0.5, 0.6) is 11.5 Å². The van der Waals surface area contributed by atoms with E-state index < -0.39 is 12.5 Å². The summed E-state index contributed by atoms with van der Waals surface area (Å²) < 4.78 is 33.1. The van der Waals surface area contributed by atoms with Gasteiger partial charge in [0.2, 0.25) is 5.91 Å². The van der Waals surface area contributed by atoms with Crippen LogP contribution in [0, 0.1) is 11.7 Å². The van der Waals surface area contributed by atoms with Gasteiger partial charge in [-0.25, -0.2) is 8.78 Å². The lowest BCUT2D eigenvalue weighted by Gasteiger charge is -2.24. The third-order valence-electron chi connectivity index (χ3n) is 6.10. The SMILES string of the molecule is O=C(Nc1cc(CF)ccc1F)C1CCc2ccc(Oc3ccnc(C4=NCCN4)c3)cc2C1. The molecule has 6 nitrogen and oxygen atoms in total. The molecule has 1 amide bonds. The maximum atomic E-state index is 14.1. The molecule has 1 aliphatic heterocycles. The smallest absolute Gasteiger partial charge is 0.227 e. The molecule has 2 aromatic carbocycles. The number of amidine groups is 1. The fourth-order valence-corrected chi connectivity index (χ4v) is 4.32. The molecule has 2 N–H and O–H groups in total. The largest absolute Gasteiger partial charge is 0.457 e. The Kier molecular flexibility index (Phi) is 6.20. The first-order valence-electron chi connectivity index (χ1n) is 11.3. The molecule has 1 aromatic heterocycles. The van der Waals surface area contributed by atoms with Crippen molar-refractivity contribution in [2.75, 3.05) is 18.4 Å². The van der Waals surface area contributed by atoms with E-state index >= 15 is 0 Å². The lowest BCUT2D eigenvalue weighted by molar-refractivity contribution is -0.120. The van der Waals surface area contributed by atoms with E-state index in [4.69, 9.17) is 4.74 Å². The Morgan fingerprint density at radius 1 is 1.12 bits per heavy atom. The predicted octanol–water partition coefficient (Wildman–Crippen LogP) is 4.58. The molecule has 2 aliphatic rings. The Morgan fingerprint density at radius 3 is 2.82 bits per heavy atom. The van der Waals surface area contributed by atoms with Gasteiger partial charge in [0.05, 0.1) is 12.2 Å². The number of pyridine rings is 1. The van der Waals surface area contributed by atoms with E-state index in [1.165, 1.54) is 23.8 Å². The van der Waals surface area contributed by atoms with Gasteiger partial charge in [-0.2, -0.15) is 0 Å². The van der Waals surface area contributed by atoms with Gasteiger partial charge < -0.3 is 15.4 Å². The summed E-state index contributed by atoms with van der Waals surface area (Å²) in [5.41, 5.74) is 3.26. The second-order valence-electron chi connectivity index (χ2n) is 8.44. The number of hydrogen-bond acceptors (Lipinski definition) is 5. The number of ether oxygens (including phenoxy) is 1. The van der Waals surface area contributed by atoms with E-state index in [1.807, 2.05) is 24.3 Å². The van der Waals surface area contributed by atoms with Crippen LogP contribution in [0.2, 0.25) is 0 Å². The Bertz CT molecular complexity index is 1260. The molecule has 1 unspecified atom stereocenters. The van der Waals surface area contributed by atoms with Gasteiger partial charge in [0.25, 0.3) is 0 Å². The zero-order valence-corrected chi connectivity index (χ0v) is 18.5. The lowest BCUT2D eigenvalue weighted by Crippen LogP contribution is -2.28. The molecule has 0 bridgehead atoms. The second-order valence-corrected chi connectivity index (χ2v) is 8.44. The van der Waals surface area contributed by atoms with Crippen molar-refractivity contribution < 1.29 is 18.3 Å². The fraction of sp³-hybridized carbons (Fsp3) is 0.269. The molecule has 1 aliphatic carbocycles. The van der Waals surface area contributed by atoms with Crippen molar-refractivity contribution in [3.63, 3.8) is 0 Å². The first kappa shape index (κ1) is 22.0. The van der Waals surface area contributed by atoms with Gasteiger partial charge in [0, 0.05) is 24.7 Å². The van der Waals surface area contributed by atoms with E-state index in [1.54, 1.807) is 12.3 Å². The second kappa shape index (κ2) is 9.59. The number of amides is 1. The van der Waals surface area contributed by atoms with E-state index in [0.29, 0.717) is 29.9 Å². The van der Waals surface area contributed by atoms with Gasteiger partial charge in [-0.3, -0.25) is 14.8 Å². The summed E-state index contributed by atoms with van der Waals surface area (Å²) in [6.07, 6.45) is 3.60. The Balaban J connectivity index is 1.29. The van der Waals surface area contributed by atoms with Crippen LogP contribution in [0.15, 0.2) is 59.7 Å². The zero-order chi connectivity index (χ0) is 23.5. The number of hydrogen-bond donors (Lipinski definition) is 2. The van der Waals surface area contributed by atoms with E-state index in [2.05, 4.69) is 20.6 Å². The minimum Gasteiger partial charge on any atom is -0.457 e. The number of aryl methyl sites for hydroxylation is 1. The van der Waals surface area contributed by atoms with E-state index in [9.17, 15) is 13.6 Å². The molecule has 0 spiro atoms. The molecule has 3 aromatic rings. The molecule has 0 saturated carbocycles. The summed E-state index contributed by atoms with van der Waals surface area (Å²) in [5, 5.41) is 5.84. The summed E-state index contributed by atoms with van der Waals surface area (Å²) in [5.74, 6) is 0.923. The maximum Gasteiger partial charge on any atom is 0.227 e. The number of carbonyl (C=O) groups is 1. The lowest BCUT2D eigenvalue weighted by atomic mass is 9.83. The number of halogens is 2. The van der Waals surface area contributed by atoms with Crippen molar-refractivity contribution >= 4 is 17.4 Å². The number of nitrogens with zero attached hydrogens (tertiary/aromatic N) is 2. The zero-order valence-electron chi connectivity index (χ0n) is 18.5. The summed E-state index contributed by atoms with van der Waals surface area (Å²) in [4.78, 5) is 21.6. The van der Waals surface area contributed by atoms with Crippen LogP contribution >= 0.6 is 0 Å². The van der Waals surface area contributed by atoms with Crippen molar-refractivity contribution in [3.05, 3.63) is 82.9 Å². The van der Waals surface area contributed by atoms with E-state index in [-0.39, 0.29) is 17.5 Å². The number of nitrogens with one attached hydrogen (secondary N) is 2. The third kappa shape index (κ3) is 4.76. The molecular weight excluding hydrogens is 438 g/mol. The highest BCUT2D eigenvalue weighted by Crippen LogP contribution is 2.32. The topological polar surface area (TPSA) is 75.6 Å². The number of fused-ring (bicyclic) bond motifs is 1. The monoisotopic (exact) mass is 462 g/mol. The van der Waals surface area contributed by atoms with Crippen LogP contribution in [0.3, 0.4) is 0 Å². The molecule has 34 heavy (non-hydrogen) atoms. The van der Waals surface area contributed by atoms with Crippen LogP contribution in [0.25, 0.3) is 0 Å². The Labute approximate surface area is 196 Å². The standard InChI is InChI=1S/C26H24F2N4O2/c27-15-16-1-6-22(28)23(11-16)32-26(33)18-3-2-17-4-5-20(13-19(17)12-18)34-21-7-8-29-24(14-21)25-30-9-10-31-25/h1,4-8,11,13-14,18H,2-3,9-10,12,15H2,(H,30,31)(H,32,33). The van der Waals surface area contributed by atoms with Gasteiger partial charge in [0.1, 0.15) is 35.5 Å². The van der Waals surface area contributed by atoms with Gasteiger partial charge in [-0.1, -0.05) is 12.1 Å². The number of alkyl halides is 1. The maximum absolute atomic E-state index is 14.1. The minimum absolute atomic E-state index is 0.0119. The molecule has 0 saturated heterocycles. The molecule has 0 radical (unpaired) electrons. The summed E-state index contributed by atoms with van der Waals surface area (Å²) in [7, 11) is 0. The Hall–Kier alpha value is -3.81. The van der Waals surface area contributed by atoms with Gasteiger partial charge >= 0.3 is 0 Å². The molecule has 5 rings (SSSR count). The first-order chi connectivity index (χ1) is 16.6. The average Bonchev–Trinajstić information content (AvgIpc) is 3.40. The number of benzene rings is 2. The highest BCUT2D eigenvalue weighted by atomic mass is 19.1. The van der Waals surface area contributed by atoms with Crippen molar-refractivity contribution in [2.45, 2.75) is 25.9 Å².